The van der Waals surface area contributed by atoms with E-state index in [0.717, 1.165) is 17.6 Å². The molecular weight excluding hydrogens is 340 g/mol. The highest BCUT2D eigenvalue weighted by molar-refractivity contribution is 7.15. The molecule has 0 N–H and O–H groups in total. The van der Waals surface area contributed by atoms with E-state index in [0.29, 0.717) is 4.34 Å². The van der Waals surface area contributed by atoms with Gasteiger partial charge in [-0.25, -0.2) is 9.18 Å². The summed E-state index contributed by atoms with van der Waals surface area (Å²) in [5, 5.41) is 5.07. The maximum atomic E-state index is 13.5. The van der Waals surface area contributed by atoms with Crippen LogP contribution >= 0.6 is 34.5 Å². The van der Waals surface area contributed by atoms with Crippen molar-refractivity contribution in [2.45, 2.75) is 0 Å². The van der Waals surface area contributed by atoms with Crippen molar-refractivity contribution in [1.82, 2.24) is 0 Å². The SMILES string of the molecule is COc1c(C(=O)O/N=C\c2c(F)cccc2Cl)csc1Cl. The number of hydrogen-bond acceptors (Lipinski definition) is 5. The third-order valence-electron chi connectivity index (χ3n) is 2.44. The maximum absolute atomic E-state index is 13.5. The first-order valence-corrected chi connectivity index (χ1v) is 7.18. The Hall–Kier alpha value is -1.63. The van der Waals surface area contributed by atoms with E-state index >= 15 is 0 Å². The van der Waals surface area contributed by atoms with E-state index in [-0.39, 0.29) is 21.9 Å². The fraction of sp³-hybridized carbons (Fsp3) is 0.0769. The van der Waals surface area contributed by atoms with Crippen LogP contribution in [0.3, 0.4) is 0 Å². The summed E-state index contributed by atoms with van der Waals surface area (Å²) in [5.41, 5.74) is 0.173. The van der Waals surface area contributed by atoms with E-state index in [9.17, 15) is 9.18 Å². The van der Waals surface area contributed by atoms with Crippen molar-refractivity contribution in [2.24, 2.45) is 5.16 Å². The van der Waals surface area contributed by atoms with Gasteiger partial charge in [-0.05, 0) is 12.1 Å². The predicted molar refractivity (Wildman–Crippen MR) is 80.3 cm³/mol. The molecule has 0 aliphatic carbocycles. The molecule has 0 fully saturated rings. The molecule has 0 saturated carbocycles. The van der Waals surface area contributed by atoms with Gasteiger partial charge in [0.15, 0.2) is 5.75 Å². The quantitative estimate of drug-likeness (QED) is 0.468. The molecule has 4 nitrogen and oxygen atoms in total. The Bertz CT molecular complexity index is 682. The molecule has 0 unspecified atom stereocenters. The van der Waals surface area contributed by atoms with Crippen LogP contribution in [0.2, 0.25) is 9.36 Å². The standard InChI is InChI=1S/C13H8Cl2FNO3S/c1-19-11-8(6-21-12(11)15)13(18)20-17-5-7-9(14)3-2-4-10(7)16/h2-6H,1H3/b17-5-. The van der Waals surface area contributed by atoms with Crippen molar-refractivity contribution in [3.05, 3.63) is 49.9 Å². The molecule has 21 heavy (non-hydrogen) atoms. The van der Waals surface area contributed by atoms with E-state index in [4.69, 9.17) is 27.9 Å². The molecule has 0 saturated heterocycles. The van der Waals surface area contributed by atoms with Gasteiger partial charge in [0, 0.05) is 5.38 Å². The van der Waals surface area contributed by atoms with Gasteiger partial charge in [0.05, 0.1) is 23.9 Å². The molecule has 0 spiro atoms. The predicted octanol–water partition coefficient (Wildman–Crippen LogP) is 4.39. The summed E-state index contributed by atoms with van der Waals surface area (Å²) in [5.74, 6) is -1.12. The zero-order valence-corrected chi connectivity index (χ0v) is 12.9. The number of halogens is 3. The molecule has 2 rings (SSSR count). The van der Waals surface area contributed by atoms with Crippen LogP contribution in [0.15, 0.2) is 28.7 Å². The number of nitrogens with zero attached hydrogens (tertiary/aromatic N) is 1. The minimum Gasteiger partial charge on any atom is -0.493 e. The van der Waals surface area contributed by atoms with E-state index in [1.165, 1.54) is 30.7 Å². The molecular formula is C13H8Cl2FNO3S. The van der Waals surface area contributed by atoms with E-state index in [1.54, 1.807) is 0 Å². The molecule has 8 heteroatoms. The highest BCUT2D eigenvalue weighted by Gasteiger charge is 2.19. The summed E-state index contributed by atoms with van der Waals surface area (Å²) >= 11 is 12.8. The summed E-state index contributed by atoms with van der Waals surface area (Å²) in [7, 11) is 1.38. The zero-order chi connectivity index (χ0) is 15.4. The van der Waals surface area contributed by atoms with Gasteiger partial charge < -0.3 is 9.57 Å². The third kappa shape index (κ3) is 3.53. The minimum absolute atomic E-state index is 0.0299. The van der Waals surface area contributed by atoms with Gasteiger partial charge in [-0.15, -0.1) is 11.3 Å². The van der Waals surface area contributed by atoms with Crippen molar-refractivity contribution >= 4 is 46.7 Å². The van der Waals surface area contributed by atoms with E-state index < -0.39 is 11.8 Å². The second-order valence-electron chi connectivity index (χ2n) is 3.70. The molecule has 1 aromatic heterocycles. The van der Waals surface area contributed by atoms with Gasteiger partial charge in [0.1, 0.15) is 15.7 Å². The van der Waals surface area contributed by atoms with Gasteiger partial charge in [0.25, 0.3) is 0 Å². The van der Waals surface area contributed by atoms with Gasteiger partial charge in [-0.2, -0.15) is 0 Å². The summed E-state index contributed by atoms with van der Waals surface area (Å²) in [6.07, 6.45) is 1.02. The average molecular weight is 348 g/mol. The van der Waals surface area contributed by atoms with Crippen LogP contribution in [0.5, 0.6) is 5.75 Å². The molecule has 110 valence electrons. The second kappa shape index (κ2) is 6.89. The Labute approximate surface area is 133 Å². The fourth-order valence-electron chi connectivity index (χ4n) is 1.46. The molecule has 0 radical (unpaired) electrons. The number of benzene rings is 1. The first-order chi connectivity index (χ1) is 10.0. The lowest BCUT2D eigenvalue weighted by Crippen LogP contribution is -2.02. The van der Waals surface area contributed by atoms with Crippen molar-refractivity contribution in [2.75, 3.05) is 7.11 Å². The smallest absolute Gasteiger partial charge is 0.370 e. The number of methoxy groups -OCH3 is 1. The fourth-order valence-corrected chi connectivity index (χ4v) is 2.71. The normalized spacial score (nSPS) is 10.9. The van der Waals surface area contributed by atoms with Crippen LogP contribution in [0.4, 0.5) is 4.39 Å². The third-order valence-corrected chi connectivity index (χ3v) is 3.96. The van der Waals surface area contributed by atoms with Crippen LogP contribution in [-0.4, -0.2) is 19.3 Å². The lowest BCUT2D eigenvalue weighted by atomic mass is 10.2. The molecule has 0 amide bonds. The molecule has 0 atom stereocenters. The monoisotopic (exact) mass is 347 g/mol. The van der Waals surface area contributed by atoms with E-state index in [2.05, 4.69) is 9.99 Å². The first kappa shape index (κ1) is 15.8. The number of thiophene rings is 1. The minimum atomic E-state index is -0.765. The molecule has 0 bridgehead atoms. The van der Waals surface area contributed by atoms with Crippen LogP contribution in [0.25, 0.3) is 0 Å². The van der Waals surface area contributed by atoms with Crippen molar-refractivity contribution < 1.29 is 18.8 Å². The highest BCUT2D eigenvalue weighted by Crippen LogP contribution is 2.35. The largest absolute Gasteiger partial charge is 0.493 e. The number of rotatable bonds is 4. The van der Waals surface area contributed by atoms with Crippen molar-refractivity contribution in [3.8, 4) is 5.75 Å². The van der Waals surface area contributed by atoms with Crippen LogP contribution < -0.4 is 4.74 Å². The van der Waals surface area contributed by atoms with Gasteiger partial charge in [0.2, 0.25) is 0 Å². The van der Waals surface area contributed by atoms with Crippen LogP contribution in [-0.2, 0) is 4.84 Å². The lowest BCUT2D eigenvalue weighted by molar-refractivity contribution is 0.0516. The Morgan fingerprint density at radius 3 is 2.86 bits per heavy atom. The van der Waals surface area contributed by atoms with Crippen molar-refractivity contribution in [1.29, 1.82) is 0 Å². The number of ether oxygens (including phenoxy) is 1. The number of carbonyl (C=O) groups excluding carboxylic acids is 1. The van der Waals surface area contributed by atoms with E-state index in [1.807, 2.05) is 0 Å². The Morgan fingerprint density at radius 2 is 2.19 bits per heavy atom. The summed E-state index contributed by atoms with van der Waals surface area (Å²) in [6, 6.07) is 4.17. The van der Waals surface area contributed by atoms with Crippen LogP contribution in [0.1, 0.15) is 15.9 Å². The Kier molecular flexibility index (Phi) is 5.17. The van der Waals surface area contributed by atoms with Crippen molar-refractivity contribution in [3.63, 3.8) is 0 Å². The molecule has 1 heterocycles. The number of hydrogen-bond donors (Lipinski definition) is 0. The van der Waals surface area contributed by atoms with Gasteiger partial charge in [-0.3, -0.25) is 0 Å². The molecule has 0 aliphatic rings. The lowest BCUT2D eigenvalue weighted by Gasteiger charge is -2.01. The topological polar surface area (TPSA) is 47.9 Å². The number of oxime groups is 1. The zero-order valence-electron chi connectivity index (χ0n) is 10.6. The molecule has 0 aliphatic heterocycles. The highest BCUT2D eigenvalue weighted by atomic mass is 35.5. The van der Waals surface area contributed by atoms with Gasteiger partial charge in [-0.1, -0.05) is 34.4 Å². The second-order valence-corrected chi connectivity index (χ2v) is 5.59. The number of carbonyl (C=O) groups is 1. The van der Waals surface area contributed by atoms with Gasteiger partial charge >= 0.3 is 5.97 Å². The maximum Gasteiger partial charge on any atom is 0.370 e. The Morgan fingerprint density at radius 1 is 1.43 bits per heavy atom. The molecule has 1 aromatic carbocycles. The summed E-state index contributed by atoms with van der Waals surface area (Å²) in [6.45, 7) is 0. The Balaban J connectivity index is 2.12. The molecule has 2 aromatic rings. The summed E-state index contributed by atoms with van der Waals surface area (Å²) < 4.78 is 18.8. The average Bonchev–Trinajstić information content (AvgIpc) is 2.83. The first-order valence-electron chi connectivity index (χ1n) is 5.54. The summed E-state index contributed by atoms with van der Waals surface area (Å²) in [4.78, 5) is 16.5. The van der Waals surface area contributed by atoms with Crippen LogP contribution in [0, 0.1) is 5.82 Å².